The molecule has 0 aliphatic carbocycles. The maximum atomic E-state index is 10.9. The fourth-order valence-corrected chi connectivity index (χ4v) is 1.80. The van der Waals surface area contributed by atoms with Crippen LogP contribution in [0.3, 0.4) is 0 Å². The molecule has 0 radical (unpaired) electrons. The lowest BCUT2D eigenvalue weighted by molar-refractivity contribution is -0.825. The smallest absolute Gasteiger partial charge is 0.348 e. The van der Waals surface area contributed by atoms with Gasteiger partial charge in [-0.1, -0.05) is 11.6 Å². The molecule has 1 rings (SSSR count). The van der Waals surface area contributed by atoms with Gasteiger partial charge in [0.2, 0.25) is 0 Å². The van der Waals surface area contributed by atoms with E-state index in [0.717, 1.165) is 16.8 Å². The molecule has 0 saturated carbocycles. The van der Waals surface area contributed by atoms with Crippen LogP contribution in [-0.4, -0.2) is 18.3 Å². The zero-order chi connectivity index (χ0) is 9.14. The highest BCUT2D eigenvalue weighted by molar-refractivity contribution is 7.18. The van der Waals surface area contributed by atoms with E-state index in [1.54, 1.807) is 0 Å². The van der Waals surface area contributed by atoms with Gasteiger partial charge >= 0.3 is 5.97 Å². The van der Waals surface area contributed by atoms with Crippen molar-refractivity contribution in [3.63, 3.8) is 0 Å². The van der Waals surface area contributed by atoms with Gasteiger partial charge in [0.25, 0.3) is 0 Å². The lowest BCUT2D eigenvalue weighted by Crippen LogP contribution is -2.73. The summed E-state index contributed by atoms with van der Waals surface area (Å²) in [6.45, 7) is 0. The van der Waals surface area contributed by atoms with Gasteiger partial charge < -0.3 is 4.74 Å². The number of quaternary nitrogens is 1. The van der Waals surface area contributed by atoms with Crippen molar-refractivity contribution in [2.45, 2.75) is 0 Å². The van der Waals surface area contributed by atoms with Gasteiger partial charge in [0.15, 0.2) is 10.0 Å². The Morgan fingerprint density at radius 3 is 2.92 bits per heavy atom. The summed E-state index contributed by atoms with van der Waals surface area (Å²) in [5.41, 5.74) is 1.28. The number of nitrogens with two attached hydrogens (primary N) is 1. The molecule has 0 aromatic carbocycles. The fraction of sp³-hybridized carbons (Fsp3) is 0.167. The molecule has 0 spiro atoms. The predicted octanol–water partition coefficient (Wildman–Crippen LogP) is 0.772. The molecule has 4 nitrogen and oxygen atoms in total. The zero-order valence-electron chi connectivity index (χ0n) is 6.20. The number of methoxy groups -OCH3 is 1. The normalized spacial score (nSPS) is 9.92. The van der Waals surface area contributed by atoms with E-state index in [9.17, 15) is 4.79 Å². The van der Waals surface area contributed by atoms with Gasteiger partial charge in [-0.3, -0.25) is 0 Å². The second-order valence-corrected chi connectivity index (χ2v) is 3.61. The monoisotopic (exact) mass is 208 g/mol. The Morgan fingerprint density at radius 1 is 1.83 bits per heavy atom. The first kappa shape index (κ1) is 9.47. The maximum absolute atomic E-state index is 10.9. The molecule has 6 heteroatoms. The van der Waals surface area contributed by atoms with Crippen molar-refractivity contribution in [3.05, 3.63) is 15.3 Å². The summed E-state index contributed by atoms with van der Waals surface area (Å²) >= 11 is 6.74. The summed E-state index contributed by atoms with van der Waals surface area (Å²) in [7, 11) is 1.29. The van der Waals surface area contributed by atoms with E-state index in [1.165, 1.54) is 13.2 Å². The number of carbonyl (C=O) groups excluding carboxylic acids is 1. The second kappa shape index (κ2) is 3.86. The summed E-state index contributed by atoms with van der Waals surface area (Å²) in [6, 6.07) is 1.47. The van der Waals surface area contributed by atoms with Crippen LogP contribution in [-0.2, 0) is 4.74 Å². The number of hydrogen-bond donors (Lipinski definition) is 2. The van der Waals surface area contributed by atoms with Gasteiger partial charge in [-0.2, -0.15) is 5.48 Å². The van der Waals surface area contributed by atoms with Crippen LogP contribution < -0.4 is 5.48 Å². The molecular weight excluding hydrogens is 202 g/mol. The zero-order valence-corrected chi connectivity index (χ0v) is 7.78. The lowest BCUT2D eigenvalue weighted by atomic mass is 10.4. The highest BCUT2D eigenvalue weighted by atomic mass is 35.5. The summed E-state index contributed by atoms with van der Waals surface area (Å²) in [6.07, 6.45) is 0. The van der Waals surface area contributed by atoms with Crippen LogP contribution in [0.2, 0.25) is 4.34 Å². The standard InChI is InChI=1S/C6H6ClNO3S/c1-11-6(9)4-2-3(8-10)5(7)12-4/h2,8,10H,1H3/p+1. The number of halogens is 1. The van der Waals surface area contributed by atoms with Crippen molar-refractivity contribution in [3.8, 4) is 0 Å². The van der Waals surface area contributed by atoms with Crippen LogP contribution in [0.25, 0.3) is 0 Å². The fourth-order valence-electron chi connectivity index (χ4n) is 0.672. The SMILES string of the molecule is COC(=O)c1cc([NH2+]O)c(Cl)s1. The van der Waals surface area contributed by atoms with Crippen LogP contribution in [0, 0.1) is 0 Å². The van der Waals surface area contributed by atoms with Gasteiger partial charge in [-0.15, -0.1) is 11.3 Å². The molecule has 3 N–H and O–H groups in total. The summed E-state index contributed by atoms with van der Waals surface area (Å²) in [4.78, 5) is 11.3. The summed E-state index contributed by atoms with van der Waals surface area (Å²) in [5.74, 6) is -0.449. The topological polar surface area (TPSA) is 63.1 Å². The van der Waals surface area contributed by atoms with Gasteiger partial charge in [-0.25, -0.2) is 10.0 Å². The average Bonchev–Trinajstić information content (AvgIpc) is 2.45. The molecule has 0 unspecified atom stereocenters. The molecule has 66 valence electrons. The van der Waals surface area contributed by atoms with E-state index in [2.05, 4.69) is 4.74 Å². The quantitative estimate of drug-likeness (QED) is 0.558. The molecule has 0 bridgehead atoms. The first-order valence-corrected chi connectivity index (χ1v) is 4.23. The first-order chi connectivity index (χ1) is 5.69. The largest absolute Gasteiger partial charge is 0.465 e. The number of esters is 1. The molecule has 0 aliphatic heterocycles. The van der Waals surface area contributed by atoms with E-state index in [1.807, 2.05) is 0 Å². The van der Waals surface area contributed by atoms with Gasteiger partial charge in [-0.05, 0) is 0 Å². The average molecular weight is 209 g/mol. The van der Waals surface area contributed by atoms with E-state index in [-0.39, 0.29) is 0 Å². The predicted molar refractivity (Wildman–Crippen MR) is 44.0 cm³/mol. The van der Waals surface area contributed by atoms with E-state index in [4.69, 9.17) is 16.8 Å². The summed E-state index contributed by atoms with van der Waals surface area (Å²) < 4.78 is 4.84. The third-order valence-corrected chi connectivity index (χ3v) is 2.61. The molecule has 1 heterocycles. The van der Waals surface area contributed by atoms with Crippen molar-refractivity contribution < 1.29 is 20.2 Å². The van der Waals surface area contributed by atoms with Crippen LogP contribution in [0.4, 0.5) is 5.69 Å². The minimum Gasteiger partial charge on any atom is -0.465 e. The number of ether oxygens (including phenoxy) is 1. The second-order valence-electron chi connectivity index (χ2n) is 1.96. The van der Waals surface area contributed by atoms with Gasteiger partial charge in [0.05, 0.1) is 7.11 Å². The molecule has 1 aromatic rings. The van der Waals surface area contributed by atoms with E-state index in [0.29, 0.717) is 14.9 Å². The molecule has 1 aromatic heterocycles. The summed E-state index contributed by atoms with van der Waals surface area (Å²) in [5, 5.41) is 8.63. The van der Waals surface area contributed by atoms with Gasteiger partial charge in [0.1, 0.15) is 4.88 Å². The first-order valence-electron chi connectivity index (χ1n) is 3.04. The maximum Gasteiger partial charge on any atom is 0.348 e. The number of carbonyl (C=O) groups is 1. The molecule has 0 amide bonds. The van der Waals surface area contributed by atoms with Crippen molar-refractivity contribution in [1.82, 2.24) is 0 Å². The molecule has 0 saturated heterocycles. The van der Waals surface area contributed by atoms with E-state index < -0.39 is 5.97 Å². The molecule has 0 atom stereocenters. The van der Waals surface area contributed by atoms with E-state index >= 15 is 0 Å². The minimum absolute atomic E-state index is 0.373. The van der Waals surface area contributed by atoms with Crippen molar-refractivity contribution >= 4 is 34.6 Å². The number of rotatable bonds is 2. The molecule has 0 aliphatic rings. The number of thiophene rings is 1. The Labute approximate surface area is 77.7 Å². The molecule has 0 fully saturated rings. The Hall–Kier alpha value is -0.620. The van der Waals surface area contributed by atoms with Crippen LogP contribution in [0.5, 0.6) is 0 Å². The van der Waals surface area contributed by atoms with Crippen molar-refractivity contribution in [2.75, 3.05) is 7.11 Å². The van der Waals surface area contributed by atoms with Crippen molar-refractivity contribution in [2.24, 2.45) is 0 Å². The van der Waals surface area contributed by atoms with Crippen molar-refractivity contribution in [1.29, 1.82) is 0 Å². The molecule has 12 heavy (non-hydrogen) atoms. The molecular formula is C6H7ClNO3S+. The lowest BCUT2D eigenvalue weighted by Gasteiger charge is -1.90. The Kier molecular flexibility index (Phi) is 3.05. The Morgan fingerprint density at radius 2 is 2.50 bits per heavy atom. The van der Waals surface area contributed by atoms with Crippen LogP contribution >= 0.6 is 22.9 Å². The van der Waals surface area contributed by atoms with Crippen LogP contribution in [0.1, 0.15) is 9.67 Å². The third-order valence-electron chi connectivity index (χ3n) is 1.24. The Bertz CT molecular complexity index is 299. The highest BCUT2D eigenvalue weighted by Gasteiger charge is 2.15. The van der Waals surface area contributed by atoms with Crippen LogP contribution in [0.15, 0.2) is 6.07 Å². The Balaban J connectivity index is 2.96. The minimum atomic E-state index is -0.449. The highest BCUT2D eigenvalue weighted by Crippen LogP contribution is 2.28. The van der Waals surface area contributed by atoms with Gasteiger partial charge in [0, 0.05) is 6.07 Å². The number of hydrogen-bond acceptors (Lipinski definition) is 4. The third kappa shape index (κ3) is 1.75.